The number of hydrogen-bond donors (Lipinski definition) is 3. The van der Waals surface area contributed by atoms with E-state index in [0.29, 0.717) is 54.5 Å². The highest BCUT2D eigenvalue weighted by molar-refractivity contribution is 6.00. The second-order valence-corrected chi connectivity index (χ2v) is 11.4. The molecule has 1 saturated carbocycles. The molecule has 3 aromatic carbocycles. The molecule has 2 fully saturated rings. The number of nitrogens with one attached hydrogen (secondary N) is 2. The van der Waals surface area contributed by atoms with Crippen molar-refractivity contribution in [3.63, 3.8) is 0 Å². The number of amides is 3. The quantitative estimate of drug-likeness (QED) is 0.341. The van der Waals surface area contributed by atoms with Crippen LogP contribution in [0, 0.1) is 0 Å². The fourth-order valence-corrected chi connectivity index (χ4v) is 5.86. The number of nitrogens with zero attached hydrogens (tertiary/aromatic N) is 2. The van der Waals surface area contributed by atoms with Crippen molar-refractivity contribution >= 4 is 29.1 Å². The lowest BCUT2D eigenvalue weighted by molar-refractivity contribution is -0.115. The Hall–Kier alpha value is -4.57. The van der Waals surface area contributed by atoms with E-state index in [-0.39, 0.29) is 36.2 Å². The molecule has 0 atom stereocenters. The van der Waals surface area contributed by atoms with E-state index in [2.05, 4.69) is 15.5 Å². The SMILES string of the molecule is COc1ccc(C(=O)N2CCN(c3ccc(C(=O)NC4CCC(N)CC4)cc3NC(=O)Cc3ccccc3)CC2)cc1OC. The first-order valence-electron chi connectivity index (χ1n) is 15.1. The van der Waals surface area contributed by atoms with Crippen molar-refractivity contribution in [3.8, 4) is 11.5 Å². The first-order chi connectivity index (χ1) is 21.3. The number of ether oxygens (including phenoxy) is 2. The molecular weight excluding hydrogens is 558 g/mol. The topological polar surface area (TPSA) is 126 Å². The Kier molecular flexibility index (Phi) is 10.0. The Labute approximate surface area is 258 Å². The molecule has 2 aliphatic rings. The van der Waals surface area contributed by atoms with Gasteiger partial charge >= 0.3 is 0 Å². The maximum absolute atomic E-state index is 13.3. The second kappa shape index (κ2) is 14.3. The summed E-state index contributed by atoms with van der Waals surface area (Å²) >= 11 is 0. The molecule has 0 unspecified atom stereocenters. The summed E-state index contributed by atoms with van der Waals surface area (Å²) in [6.07, 6.45) is 3.72. The van der Waals surface area contributed by atoms with Crippen molar-refractivity contribution in [1.29, 1.82) is 0 Å². The number of carbonyl (C=O) groups is 3. The highest BCUT2D eigenvalue weighted by Crippen LogP contribution is 2.31. The summed E-state index contributed by atoms with van der Waals surface area (Å²) in [4.78, 5) is 43.6. The number of benzene rings is 3. The zero-order chi connectivity index (χ0) is 31.1. The summed E-state index contributed by atoms with van der Waals surface area (Å²) in [5, 5.41) is 6.20. The average molecular weight is 600 g/mol. The minimum Gasteiger partial charge on any atom is -0.493 e. The van der Waals surface area contributed by atoms with E-state index < -0.39 is 0 Å². The van der Waals surface area contributed by atoms with Gasteiger partial charge in [-0.1, -0.05) is 30.3 Å². The minimum atomic E-state index is -0.168. The molecule has 0 radical (unpaired) electrons. The molecule has 1 saturated heterocycles. The van der Waals surface area contributed by atoms with Crippen LogP contribution in [0.15, 0.2) is 66.7 Å². The number of methoxy groups -OCH3 is 2. The molecule has 0 spiro atoms. The molecule has 10 heteroatoms. The molecule has 1 aliphatic carbocycles. The van der Waals surface area contributed by atoms with Crippen molar-refractivity contribution in [3.05, 3.63) is 83.4 Å². The average Bonchev–Trinajstić information content (AvgIpc) is 3.05. The number of anilines is 2. The monoisotopic (exact) mass is 599 g/mol. The van der Waals surface area contributed by atoms with Crippen LogP contribution in [0.1, 0.15) is 52.0 Å². The first kappa shape index (κ1) is 30.9. The van der Waals surface area contributed by atoms with E-state index >= 15 is 0 Å². The van der Waals surface area contributed by atoms with E-state index in [4.69, 9.17) is 15.2 Å². The summed E-state index contributed by atoms with van der Waals surface area (Å²) in [6.45, 7) is 2.12. The van der Waals surface area contributed by atoms with Gasteiger partial charge in [0.05, 0.1) is 32.0 Å². The van der Waals surface area contributed by atoms with E-state index in [9.17, 15) is 14.4 Å². The Morgan fingerprint density at radius 3 is 2.18 bits per heavy atom. The lowest BCUT2D eigenvalue weighted by Gasteiger charge is -2.37. The van der Waals surface area contributed by atoms with E-state index in [1.165, 1.54) is 0 Å². The van der Waals surface area contributed by atoms with Gasteiger partial charge in [-0.25, -0.2) is 0 Å². The first-order valence-corrected chi connectivity index (χ1v) is 15.1. The minimum absolute atomic E-state index is 0.0855. The van der Waals surface area contributed by atoms with Crippen LogP contribution in [0.4, 0.5) is 11.4 Å². The summed E-state index contributed by atoms with van der Waals surface area (Å²) in [7, 11) is 3.10. The Bertz CT molecular complexity index is 1460. The van der Waals surface area contributed by atoms with Gasteiger partial charge in [0.15, 0.2) is 11.5 Å². The van der Waals surface area contributed by atoms with Gasteiger partial charge in [0.25, 0.3) is 11.8 Å². The van der Waals surface area contributed by atoms with Crippen LogP contribution in [0.5, 0.6) is 11.5 Å². The molecule has 0 aromatic heterocycles. The van der Waals surface area contributed by atoms with Gasteiger partial charge in [0, 0.05) is 49.4 Å². The molecule has 3 amide bonds. The van der Waals surface area contributed by atoms with Gasteiger partial charge in [-0.05, 0) is 67.6 Å². The largest absolute Gasteiger partial charge is 0.493 e. The van der Waals surface area contributed by atoms with Crippen molar-refractivity contribution < 1.29 is 23.9 Å². The van der Waals surface area contributed by atoms with Crippen LogP contribution in [0.2, 0.25) is 0 Å². The highest BCUT2D eigenvalue weighted by Gasteiger charge is 2.26. The van der Waals surface area contributed by atoms with Crippen LogP contribution in [0.25, 0.3) is 0 Å². The molecule has 10 nitrogen and oxygen atoms in total. The second-order valence-electron chi connectivity index (χ2n) is 11.4. The third-order valence-electron chi connectivity index (χ3n) is 8.39. The molecule has 1 heterocycles. The standard InChI is InChI=1S/C34H41N5O5/c1-43-30-15-9-25(22-31(30)44-2)34(42)39-18-16-38(17-19-39)29-14-8-24(33(41)36-27-12-10-26(35)11-13-27)21-28(29)37-32(40)20-23-6-4-3-5-7-23/h3-9,14-15,21-22,26-27H,10-13,16-20,35H2,1-2H3,(H,36,41)(H,37,40). The van der Waals surface area contributed by atoms with Gasteiger partial charge < -0.3 is 35.6 Å². The molecular formula is C34H41N5O5. The fraction of sp³-hybridized carbons (Fsp3) is 0.382. The summed E-state index contributed by atoms with van der Waals surface area (Å²) in [5.74, 6) is 0.650. The van der Waals surface area contributed by atoms with Gasteiger partial charge in [0.1, 0.15) is 0 Å². The van der Waals surface area contributed by atoms with Gasteiger partial charge in [-0.15, -0.1) is 0 Å². The third-order valence-corrected chi connectivity index (χ3v) is 8.39. The summed E-state index contributed by atoms with van der Waals surface area (Å²) in [6, 6.07) is 20.4. The number of hydrogen-bond acceptors (Lipinski definition) is 7. The van der Waals surface area contributed by atoms with Crippen molar-refractivity contribution in [2.45, 2.75) is 44.2 Å². The molecule has 5 rings (SSSR count). The third kappa shape index (κ3) is 7.49. The van der Waals surface area contributed by atoms with Crippen LogP contribution in [-0.2, 0) is 11.2 Å². The summed E-state index contributed by atoms with van der Waals surface area (Å²) in [5.41, 5.74) is 9.34. The Balaban J connectivity index is 1.30. The smallest absolute Gasteiger partial charge is 0.254 e. The molecule has 232 valence electrons. The Morgan fingerprint density at radius 1 is 0.818 bits per heavy atom. The van der Waals surface area contributed by atoms with Gasteiger partial charge in [-0.2, -0.15) is 0 Å². The van der Waals surface area contributed by atoms with Crippen LogP contribution < -0.4 is 30.7 Å². The van der Waals surface area contributed by atoms with Crippen molar-refractivity contribution in [2.75, 3.05) is 50.6 Å². The maximum atomic E-state index is 13.3. The Morgan fingerprint density at radius 2 is 1.50 bits per heavy atom. The zero-order valence-electron chi connectivity index (χ0n) is 25.4. The number of piperazine rings is 1. The lowest BCUT2D eigenvalue weighted by Crippen LogP contribution is -2.49. The summed E-state index contributed by atoms with van der Waals surface area (Å²) < 4.78 is 10.7. The van der Waals surface area contributed by atoms with Crippen molar-refractivity contribution in [1.82, 2.24) is 10.2 Å². The molecule has 3 aromatic rings. The number of carbonyl (C=O) groups excluding carboxylic acids is 3. The number of nitrogens with two attached hydrogens (primary N) is 1. The number of rotatable bonds is 9. The highest BCUT2D eigenvalue weighted by atomic mass is 16.5. The van der Waals surface area contributed by atoms with E-state index in [0.717, 1.165) is 36.9 Å². The predicted octanol–water partition coefficient (Wildman–Crippen LogP) is 3.85. The van der Waals surface area contributed by atoms with Crippen LogP contribution in [-0.4, -0.2) is 75.1 Å². The van der Waals surface area contributed by atoms with Crippen LogP contribution in [0.3, 0.4) is 0 Å². The van der Waals surface area contributed by atoms with Gasteiger partial charge in [0.2, 0.25) is 5.91 Å². The maximum Gasteiger partial charge on any atom is 0.254 e. The van der Waals surface area contributed by atoms with Crippen molar-refractivity contribution in [2.24, 2.45) is 5.73 Å². The van der Waals surface area contributed by atoms with Gasteiger partial charge in [-0.3, -0.25) is 14.4 Å². The molecule has 0 bridgehead atoms. The predicted molar refractivity (Wildman–Crippen MR) is 171 cm³/mol. The fourth-order valence-electron chi connectivity index (χ4n) is 5.86. The molecule has 44 heavy (non-hydrogen) atoms. The molecule has 4 N–H and O–H groups in total. The zero-order valence-corrected chi connectivity index (χ0v) is 25.4. The lowest BCUT2D eigenvalue weighted by atomic mass is 9.91. The van der Waals surface area contributed by atoms with E-state index in [1.54, 1.807) is 44.6 Å². The van der Waals surface area contributed by atoms with Crippen LogP contribution >= 0.6 is 0 Å². The normalized spacial score (nSPS) is 18.3. The molecule has 1 aliphatic heterocycles. The van der Waals surface area contributed by atoms with E-state index in [1.807, 2.05) is 41.3 Å².